The van der Waals surface area contributed by atoms with Gasteiger partial charge >= 0.3 is 75.1 Å². The first kappa shape index (κ1) is 10.3. The van der Waals surface area contributed by atoms with Crippen molar-refractivity contribution in [1.82, 2.24) is 0 Å². The fourth-order valence-electron chi connectivity index (χ4n) is 0.391. The van der Waals surface area contributed by atoms with Crippen molar-refractivity contribution in [2.24, 2.45) is 5.41 Å². The number of esters is 1. The van der Waals surface area contributed by atoms with Crippen LogP contribution in [0.2, 0.25) is 4.47 Å². The Bertz CT molecular complexity index is 121. The van der Waals surface area contributed by atoms with Crippen LogP contribution in [0, 0.1) is 5.41 Å². The third kappa shape index (κ3) is 2.90. The molecule has 0 N–H and O–H groups in total. The molecule has 0 aromatic rings. The summed E-state index contributed by atoms with van der Waals surface area (Å²) in [6.07, 6.45) is 0. The first-order valence-electron chi connectivity index (χ1n) is 3.32. The van der Waals surface area contributed by atoms with Gasteiger partial charge < -0.3 is 0 Å². The van der Waals surface area contributed by atoms with Crippen LogP contribution in [-0.4, -0.2) is 34.9 Å². The number of carbonyl (C=O) groups excluding carboxylic acids is 1. The molecular weight excluding hydrogens is 244 g/mol. The summed E-state index contributed by atoms with van der Waals surface area (Å²) in [5.74, 6) is -0.0870. The van der Waals surface area contributed by atoms with Gasteiger partial charge in [-0.25, -0.2) is 0 Å². The monoisotopic (exact) mass is 260 g/mol. The van der Waals surface area contributed by atoms with Gasteiger partial charge in [0.2, 0.25) is 0 Å². The Balaban J connectivity index is 3.91. The molecule has 0 radical (unpaired) electrons. The minimum atomic E-state index is -0.287. The van der Waals surface area contributed by atoms with Crippen molar-refractivity contribution < 1.29 is 9.53 Å². The summed E-state index contributed by atoms with van der Waals surface area (Å²) in [6.45, 7) is 6.12. The molecule has 0 rings (SSSR count). The molecule has 0 aliphatic rings. The topological polar surface area (TPSA) is 26.3 Å². The number of hydrogen-bond donors (Lipinski definition) is 0. The van der Waals surface area contributed by atoms with Crippen LogP contribution in [0.15, 0.2) is 0 Å². The van der Waals surface area contributed by atoms with Crippen LogP contribution in [0.4, 0.5) is 0 Å². The van der Waals surface area contributed by atoms with Crippen LogP contribution in [-0.2, 0) is 9.53 Å². The van der Waals surface area contributed by atoms with Gasteiger partial charge in [-0.15, -0.1) is 0 Å². The van der Waals surface area contributed by atoms with Crippen LogP contribution >= 0.6 is 0 Å². The summed E-state index contributed by atoms with van der Waals surface area (Å²) >= 11 is 1.65. The van der Waals surface area contributed by atoms with E-state index in [4.69, 9.17) is 4.74 Å². The second kappa shape index (κ2) is 4.20. The van der Waals surface area contributed by atoms with E-state index in [2.05, 4.69) is 0 Å². The average Bonchev–Trinajstić information content (AvgIpc) is 1.89. The summed E-state index contributed by atoms with van der Waals surface area (Å²) in [7, 11) is 0. The fourth-order valence-corrected chi connectivity index (χ4v) is 0.759. The zero-order valence-electron chi connectivity index (χ0n) is 6.68. The van der Waals surface area contributed by atoms with Gasteiger partial charge in [-0.05, 0) is 0 Å². The summed E-state index contributed by atoms with van der Waals surface area (Å²) in [4.78, 5) is 11.1. The Morgan fingerprint density at radius 1 is 1.60 bits per heavy atom. The van der Waals surface area contributed by atoms with Crippen molar-refractivity contribution in [3.63, 3.8) is 0 Å². The van der Waals surface area contributed by atoms with Crippen molar-refractivity contribution in [3.05, 3.63) is 0 Å². The van der Waals surface area contributed by atoms with Crippen molar-refractivity contribution >= 4 is 28.3 Å². The van der Waals surface area contributed by atoms with E-state index in [9.17, 15) is 4.79 Å². The van der Waals surface area contributed by atoms with Gasteiger partial charge in [-0.2, -0.15) is 0 Å². The third-order valence-electron chi connectivity index (χ3n) is 1.22. The van der Waals surface area contributed by atoms with E-state index in [1.165, 1.54) is 0 Å². The maximum atomic E-state index is 11.1. The van der Waals surface area contributed by atoms with Gasteiger partial charge in [-0.3, -0.25) is 0 Å². The number of carbonyl (C=O) groups is 1. The van der Waals surface area contributed by atoms with Gasteiger partial charge in [-0.1, -0.05) is 0 Å². The Labute approximate surface area is 75.2 Å². The summed E-state index contributed by atoms with van der Waals surface area (Å²) in [5.41, 5.74) is -0.287. The quantitative estimate of drug-likeness (QED) is 0.555. The Morgan fingerprint density at radius 2 is 2.10 bits per heavy atom. The van der Waals surface area contributed by atoms with Crippen LogP contribution in [0.5, 0.6) is 0 Å². The van der Waals surface area contributed by atoms with Gasteiger partial charge in [0.15, 0.2) is 0 Å². The molecule has 3 heteroatoms. The first-order chi connectivity index (χ1) is 4.54. The van der Waals surface area contributed by atoms with Crippen molar-refractivity contribution in [3.8, 4) is 0 Å². The van der Waals surface area contributed by atoms with Crippen molar-refractivity contribution in [2.45, 2.75) is 25.2 Å². The molecule has 0 fully saturated rings. The molecular formula is C7H14O2Te. The molecule has 0 aliphatic carbocycles. The molecule has 0 aliphatic heterocycles. The second-order valence-corrected chi connectivity index (χ2v) is 3.67. The summed E-state index contributed by atoms with van der Waals surface area (Å²) < 4.78 is 5.74. The minimum absolute atomic E-state index is 0.0870. The van der Waals surface area contributed by atoms with Crippen molar-refractivity contribution in [2.75, 3.05) is 6.61 Å². The molecule has 0 aromatic heterocycles. The third-order valence-corrected chi connectivity index (χ3v) is 3.48. The van der Waals surface area contributed by atoms with E-state index in [-0.39, 0.29) is 11.4 Å². The zero-order valence-corrected chi connectivity index (χ0v) is 9.23. The SMILES string of the molecule is CCOC(=O)C(C)(C)C[TeH]. The second-order valence-electron chi connectivity index (χ2n) is 2.76. The molecule has 0 saturated heterocycles. The molecule has 0 saturated carbocycles. The molecule has 0 bridgehead atoms. The Morgan fingerprint density at radius 3 is 2.40 bits per heavy atom. The van der Waals surface area contributed by atoms with E-state index in [1.54, 1.807) is 22.3 Å². The Kier molecular flexibility index (Phi) is 4.31. The van der Waals surface area contributed by atoms with Gasteiger partial charge in [0.25, 0.3) is 0 Å². The van der Waals surface area contributed by atoms with E-state index >= 15 is 0 Å². The van der Waals surface area contributed by atoms with E-state index in [0.29, 0.717) is 6.61 Å². The number of hydrogen-bond acceptors (Lipinski definition) is 2. The maximum absolute atomic E-state index is 11.1. The van der Waals surface area contributed by atoms with Gasteiger partial charge in [0, 0.05) is 0 Å². The fraction of sp³-hybridized carbons (Fsp3) is 0.857. The van der Waals surface area contributed by atoms with Crippen LogP contribution in [0.1, 0.15) is 20.8 Å². The predicted octanol–water partition coefficient (Wildman–Crippen LogP) is 0.895. The van der Waals surface area contributed by atoms with Crippen LogP contribution < -0.4 is 0 Å². The number of ether oxygens (including phenoxy) is 1. The summed E-state index contributed by atoms with van der Waals surface area (Å²) in [5, 5.41) is 0. The molecule has 60 valence electrons. The molecule has 0 aromatic carbocycles. The predicted molar refractivity (Wildman–Crippen MR) is 42.4 cm³/mol. The van der Waals surface area contributed by atoms with Crippen LogP contribution in [0.25, 0.3) is 0 Å². The molecule has 2 nitrogen and oxygen atoms in total. The zero-order chi connectivity index (χ0) is 8.20. The van der Waals surface area contributed by atoms with E-state index < -0.39 is 0 Å². The molecule has 0 atom stereocenters. The molecule has 0 amide bonds. The van der Waals surface area contributed by atoms with E-state index in [1.807, 2.05) is 20.8 Å². The first-order valence-corrected chi connectivity index (χ1v) is 5.13. The molecule has 0 heterocycles. The van der Waals surface area contributed by atoms with E-state index in [0.717, 1.165) is 4.47 Å². The standard InChI is InChI=1S/C7H14O2Te/c1-4-9-6(8)7(2,3)5-10/h10H,4-5H2,1-3H3. The number of rotatable bonds is 3. The molecule has 0 spiro atoms. The molecule has 10 heavy (non-hydrogen) atoms. The molecule has 0 unspecified atom stereocenters. The van der Waals surface area contributed by atoms with Crippen molar-refractivity contribution in [1.29, 1.82) is 0 Å². The normalized spacial score (nSPS) is 11.2. The van der Waals surface area contributed by atoms with Crippen LogP contribution in [0.3, 0.4) is 0 Å². The van der Waals surface area contributed by atoms with Gasteiger partial charge in [0.05, 0.1) is 0 Å². The van der Waals surface area contributed by atoms with Gasteiger partial charge in [0.1, 0.15) is 0 Å². The average molecular weight is 258 g/mol. The summed E-state index contributed by atoms with van der Waals surface area (Å²) in [6, 6.07) is 0. The Hall–Kier alpha value is 0.260.